The number of hydrogen-bond acceptors (Lipinski definition) is 4. The zero-order valence-electron chi connectivity index (χ0n) is 12.6. The number of carbonyl (C=O) groups is 2. The van der Waals surface area contributed by atoms with Gasteiger partial charge in [-0.2, -0.15) is 0 Å². The van der Waals surface area contributed by atoms with Crippen LogP contribution < -0.4 is 0 Å². The van der Waals surface area contributed by atoms with E-state index in [2.05, 4.69) is 4.74 Å². The number of benzene rings is 2. The third-order valence-electron chi connectivity index (χ3n) is 3.46. The van der Waals surface area contributed by atoms with Gasteiger partial charge in [0.15, 0.2) is 5.78 Å². The van der Waals surface area contributed by atoms with Gasteiger partial charge in [0.05, 0.1) is 13.5 Å². The fourth-order valence-corrected chi connectivity index (χ4v) is 2.25. The van der Waals surface area contributed by atoms with Crippen LogP contribution in [0.3, 0.4) is 0 Å². The van der Waals surface area contributed by atoms with Crippen molar-refractivity contribution in [3.8, 4) is 16.9 Å². The number of methoxy groups -OCH3 is 1. The van der Waals surface area contributed by atoms with E-state index >= 15 is 0 Å². The molecule has 0 aliphatic heterocycles. The van der Waals surface area contributed by atoms with E-state index in [1.165, 1.54) is 7.11 Å². The van der Waals surface area contributed by atoms with Crippen LogP contribution in [0.1, 0.15) is 29.3 Å². The zero-order valence-corrected chi connectivity index (χ0v) is 12.6. The first-order valence-corrected chi connectivity index (χ1v) is 7.07. The second-order valence-electron chi connectivity index (χ2n) is 4.96. The maximum Gasteiger partial charge on any atom is 0.309 e. The van der Waals surface area contributed by atoms with E-state index in [9.17, 15) is 14.7 Å². The Morgan fingerprint density at radius 2 is 1.77 bits per heavy atom. The minimum absolute atomic E-state index is 0.00907. The number of esters is 1. The molecule has 0 spiro atoms. The largest absolute Gasteiger partial charge is 0.508 e. The van der Waals surface area contributed by atoms with E-state index in [0.717, 1.165) is 16.7 Å². The molecule has 0 heterocycles. The summed E-state index contributed by atoms with van der Waals surface area (Å²) in [6.07, 6.45) is 0.517. The van der Waals surface area contributed by atoms with Gasteiger partial charge in [0.1, 0.15) is 5.75 Å². The number of Topliss-reactive ketones (excluding diaryl/α,β-unsaturated/α-hetero) is 1. The molecule has 114 valence electrons. The number of aromatic hydroxyl groups is 1. The molecular formula is C18H18O4. The van der Waals surface area contributed by atoms with Gasteiger partial charge in [0.25, 0.3) is 0 Å². The van der Waals surface area contributed by atoms with Crippen LogP contribution in [0.25, 0.3) is 11.1 Å². The van der Waals surface area contributed by atoms with Crippen molar-refractivity contribution >= 4 is 11.8 Å². The fraction of sp³-hybridized carbons (Fsp3) is 0.222. The van der Waals surface area contributed by atoms with Gasteiger partial charge in [-0.15, -0.1) is 0 Å². The lowest BCUT2D eigenvalue weighted by Gasteiger charge is -2.11. The summed E-state index contributed by atoms with van der Waals surface area (Å²) in [4.78, 5) is 23.6. The van der Waals surface area contributed by atoms with Crippen molar-refractivity contribution in [1.29, 1.82) is 0 Å². The maximum absolute atomic E-state index is 12.2. The smallest absolute Gasteiger partial charge is 0.309 e. The van der Waals surface area contributed by atoms with E-state index in [-0.39, 0.29) is 23.9 Å². The first-order chi connectivity index (χ1) is 10.5. The van der Waals surface area contributed by atoms with E-state index in [1.54, 1.807) is 37.3 Å². The fourth-order valence-electron chi connectivity index (χ4n) is 2.25. The van der Waals surface area contributed by atoms with Crippen molar-refractivity contribution < 1.29 is 19.4 Å². The van der Waals surface area contributed by atoms with E-state index in [4.69, 9.17) is 0 Å². The van der Waals surface area contributed by atoms with Crippen molar-refractivity contribution in [2.45, 2.75) is 19.8 Å². The molecule has 2 aromatic carbocycles. The third-order valence-corrected chi connectivity index (χ3v) is 3.46. The summed E-state index contributed by atoms with van der Waals surface area (Å²) in [6, 6.07) is 12.1. The van der Waals surface area contributed by atoms with Crippen molar-refractivity contribution in [2.24, 2.45) is 0 Å². The monoisotopic (exact) mass is 298 g/mol. The lowest BCUT2D eigenvalue weighted by Crippen LogP contribution is -2.07. The van der Waals surface area contributed by atoms with Crippen molar-refractivity contribution in [3.63, 3.8) is 0 Å². The second-order valence-corrected chi connectivity index (χ2v) is 4.96. The minimum Gasteiger partial charge on any atom is -0.508 e. The first-order valence-electron chi connectivity index (χ1n) is 7.07. The summed E-state index contributed by atoms with van der Waals surface area (Å²) in [6.45, 7) is 1.80. The molecule has 0 saturated heterocycles. The van der Waals surface area contributed by atoms with Crippen LogP contribution in [0.2, 0.25) is 0 Å². The lowest BCUT2D eigenvalue weighted by molar-refractivity contribution is -0.139. The molecule has 0 aromatic heterocycles. The number of ether oxygens (including phenoxy) is 1. The summed E-state index contributed by atoms with van der Waals surface area (Å²) in [5.41, 5.74) is 2.96. The van der Waals surface area contributed by atoms with Crippen molar-refractivity contribution in [1.82, 2.24) is 0 Å². The molecule has 0 amide bonds. The molecule has 0 bridgehead atoms. The Bertz CT molecular complexity index is 687. The zero-order chi connectivity index (χ0) is 16.1. The normalized spacial score (nSPS) is 10.3. The van der Waals surface area contributed by atoms with Crippen molar-refractivity contribution in [2.75, 3.05) is 7.11 Å². The minimum atomic E-state index is -0.340. The SMILES string of the molecule is CCC(=O)c1cc(CC(=O)OC)ccc1-c1ccc(O)cc1. The van der Waals surface area contributed by atoms with Gasteiger partial charge in [-0.05, 0) is 34.9 Å². The molecule has 22 heavy (non-hydrogen) atoms. The molecule has 0 radical (unpaired) electrons. The number of carbonyl (C=O) groups excluding carboxylic acids is 2. The van der Waals surface area contributed by atoms with Crippen LogP contribution in [0.4, 0.5) is 0 Å². The van der Waals surface area contributed by atoms with E-state index in [1.807, 2.05) is 12.1 Å². The Labute approximate surface area is 129 Å². The molecule has 0 fully saturated rings. The maximum atomic E-state index is 12.2. The van der Waals surface area contributed by atoms with Gasteiger partial charge in [0, 0.05) is 12.0 Å². The molecule has 4 heteroatoms. The van der Waals surface area contributed by atoms with Crippen molar-refractivity contribution in [3.05, 3.63) is 53.6 Å². The molecule has 0 aliphatic carbocycles. The molecule has 1 N–H and O–H groups in total. The van der Waals surface area contributed by atoms with Gasteiger partial charge < -0.3 is 9.84 Å². The van der Waals surface area contributed by atoms with Crippen LogP contribution in [-0.2, 0) is 16.0 Å². The highest BCUT2D eigenvalue weighted by molar-refractivity contribution is 6.02. The Hall–Kier alpha value is -2.62. The Kier molecular flexibility index (Phi) is 4.94. The standard InChI is InChI=1S/C18H18O4/c1-3-17(20)16-10-12(11-18(21)22-2)4-9-15(16)13-5-7-14(19)8-6-13/h4-10,19H,3,11H2,1-2H3. The summed E-state index contributed by atoms with van der Waals surface area (Å²) in [5.74, 6) is -0.156. The van der Waals surface area contributed by atoms with Crippen LogP contribution in [-0.4, -0.2) is 24.0 Å². The molecular weight excluding hydrogens is 280 g/mol. The van der Waals surface area contributed by atoms with Gasteiger partial charge in [-0.1, -0.05) is 31.2 Å². The van der Waals surface area contributed by atoms with Crippen LogP contribution in [0, 0.1) is 0 Å². The first kappa shape index (κ1) is 15.8. The van der Waals surface area contributed by atoms with Gasteiger partial charge in [-0.25, -0.2) is 0 Å². The lowest BCUT2D eigenvalue weighted by atomic mass is 9.93. The van der Waals surface area contributed by atoms with E-state index < -0.39 is 0 Å². The Balaban J connectivity index is 2.47. The molecule has 0 unspecified atom stereocenters. The predicted octanol–water partition coefficient (Wildman–Crippen LogP) is 3.37. The quantitative estimate of drug-likeness (QED) is 0.679. The van der Waals surface area contributed by atoms with Crippen LogP contribution >= 0.6 is 0 Å². The molecule has 0 saturated carbocycles. The van der Waals surface area contributed by atoms with Gasteiger partial charge in [0.2, 0.25) is 0 Å². The number of hydrogen-bond donors (Lipinski definition) is 1. The number of rotatable bonds is 5. The average Bonchev–Trinajstić information content (AvgIpc) is 2.54. The average molecular weight is 298 g/mol. The van der Waals surface area contributed by atoms with Gasteiger partial charge >= 0.3 is 5.97 Å². The van der Waals surface area contributed by atoms with Crippen LogP contribution in [0.5, 0.6) is 5.75 Å². The molecule has 2 aromatic rings. The summed E-state index contributed by atoms with van der Waals surface area (Å²) in [7, 11) is 1.34. The topological polar surface area (TPSA) is 63.6 Å². The molecule has 4 nitrogen and oxygen atoms in total. The second kappa shape index (κ2) is 6.89. The Morgan fingerprint density at radius 3 is 2.36 bits per heavy atom. The number of phenolic OH excluding ortho intramolecular Hbond substituents is 1. The highest BCUT2D eigenvalue weighted by atomic mass is 16.5. The van der Waals surface area contributed by atoms with Gasteiger partial charge in [-0.3, -0.25) is 9.59 Å². The number of phenols is 1. The summed E-state index contributed by atoms with van der Waals surface area (Å²) < 4.78 is 4.66. The Morgan fingerprint density at radius 1 is 1.09 bits per heavy atom. The summed E-state index contributed by atoms with van der Waals surface area (Å²) in [5, 5.41) is 9.38. The molecule has 2 rings (SSSR count). The highest BCUT2D eigenvalue weighted by Gasteiger charge is 2.14. The number of ketones is 1. The molecule has 0 atom stereocenters. The predicted molar refractivity (Wildman–Crippen MR) is 83.9 cm³/mol. The third kappa shape index (κ3) is 3.52. The van der Waals surface area contributed by atoms with Crippen LogP contribution in [0.15, 0.2) is 42.5 Å². The summed E-state index contributed by atoms with van der Waals surface area (Å²) >= 11 is 0. The van der Waals surface area contributed by atoms with E-state index in [0.29, 0.717) is 12.0 Å². The molecule has 0 aliphatic rings. The highest BCUT2D eigenvalue weighted by Crippen LogP contribution is 2.27.